The normalized spacial score (nSPS) is 22.3. The number of amides is 1. The fourth-order valence-corrected chi connectivity index (χ4v) is 4.65. The second-order valence-corrected chi connectivity index (χ2v) is 7.72. The van der Waals surface area contributed by atoms with Crippen LogP contribution in [0.3, 0.4) is 0 Å². The number of benzene rings is 2. The van der Waals surface area contributed by atoms with Crippen molar-refractivity contribution in [2.24, 2.45) is 0 Å². The summed E-state index contributed by atoms with van der Waals surface area (Å²) in [6.45, 7) is 1.85. The molecule has 2 aromatic carbocycles. The van der Waals surface area contributed by atoms with Gasteiger partial charge in [0.15, 0.2) is 5.43 Å². The van der Waals surface area contributed by atoms with Crippen molar-refractivity contribution in [3.63, 3.8) is 0 Å². The first kappa shape index (κ1) is 16.5. The van der Waals surface area contributed by atoms with Crippen molar-refractivity contribution in [3.05, 3.63) is 58.8 Å². The molecule has 0 spiro atoms. The van der Waals surface area contributed by atoms with Crippen molar-refractivity contribution in [2.45, 2.75) is 37.9 Å². The predicted octanol–water partition coefficient (Wildman–Crippen LogP) is 2.51. The topological polar surface area (TPSA) is 54.3 Å². The maximum Gasteiger partial charge on any atom is 0.242 e. The molecule has 5 rings (SSSR count). The highest BCUT2D eigenvalue weighted by Gasteiger charge is 2.31. The first-order valence-corrected chi connectivity index (χ1v) is 9.75. The van der Waals surface area contributed by atoms with Crippen LogP contribution in [0.25, 0.3) is 21.8 Å². The van der Waals surface area contributed by atoms with E-state index in [1.165, 1.54) is 6.42 Å². The molecule has 1 aromatic heterocycles. The molecule has 1 amide bonds. The molecule has 3 aromatic rings. The molecule has 2 aliphatic heterocycles. The molecule has 0 radical (unpaired) electrons. The van der Waals surface area contributed by atoms with Gasteiger partial charge in [0.25, 0.3) is 0 Å². The zero-order valence-corrected chi connectivity index (χ0v) is 15.2. The van der Waals surface area contributed by atoms with Crippen molar-refractivity contribution in [1.82, 2.24) is 14.8 Å². The van der Waals surface area contributed by atoms with E-state index in [-0.39, 0.29) is 17.9 Å². The third-order valence-electron chi connectivity index (χ3n) is 6.05. The quantitative estimate of drug-likeness (QED) is 0.714. The van der Waals surface area contributed by atoms with Crippen LogP contribution in [0, 0.1) is 0 Å². The minimum absolute atomic E-state index is 0.0289. The minimum atomic E-state index is 0.0289. The summed E-state index contributed by atoms with van der Waals surface area (Å²) in [5.74, 6) is 0.128. The molecular weight excluding hydrogens is 338 g/mol. The number of aromatic nitrogens is 1. The van der Waals surface area contributed by atoms with E-state index in [1.807, 2.05) is 58.0 Å². The number of fused-ring (bicyclic) bond motifs is 4. The molecule has 2 saturated heterocycles. The van der Waals surface area contributed by atoms with Crippen LogP contribution >= 0.6 is 0 Å². The highest BCUT2D eigenvalue weighted by molar-refractivity contribution is 5.94. The van der Waals surface area contributed by atoms with Crippen LogP contribution in [0.2, 0.25) is 0 Å². The van der Waals surface area contributed by atoms with E-state index in [2.05, 4.69) is 5.32 Å². The number of nitrogens with zero attached hydrogens (tertiary/aromatic N) is 2. The van der Waals surface area contributed by atoms with Gasteiger partial charge in [0.2, 0.25) is 5.91 Å². The van der Waals surface area contributed by atoms with Gasteiger partial charge in [-0.05, 0) is 43.5 Å². The van der Waals surface area contributed by atoms with Crippen LogP contribution in [0.5, 0.6) is 0 Å². The first-order chi connectivity index (χ1) is 13.2. The van der Waals surface area contributed by atoms with E-state index < -0.39 is 0 Å². The fraction of sp³-hybridized carbons (Fsp3) is 0.364. The number of nitrogens with one attached hydrogen (secondary N) is 1. The summed E-state index contributed by atoms with van der Waals surface area (Å²) in [4.78, 5) is 28.0. The molecule has 0 aliphatic carbocycles. The number of rotatable bonds is 2. The molecular formula is C22H23N3O2. The number of carbonyl (C=O) groups is 1. The summed E-state index contributed by atoms with van der Waals surface area (Å²) < 4.78 is 2.00. The van der Waals surface area contributed by atoms with Gasteiger partial charge in [-0.1, -0.05) is 24.3 Å². The van der Waals surface area contributed by atoms with Crippen molar-refractivity contribution in [1.29, 1.82) is 0 Å². The number of pyridine rings is 1. The summed E-state index contributed by atoms with van der Waals surface area (Å²) >= 11 is 0. The van der Waals surface area contributed by atoms with Crippen molar-refractivity contribution >= 4 is 27.7 Å². The SMILES string of the molecule is O=C(Cn1c2ccccc2c(=O)c2ccccc21)N1CCC2CCC(C1)N2. The lowest BCUT2D eigenvalue weighted by atomic mass is 10.1. The average Bonchev–Trinajstić information content (AvgIpc) is 3.03. The van der Waals surface area contributed by atoms with Gasteiger partial charge in [-0.2, -0.15) is 0 Å². The minimum Gasteiger partial charge on any atom is -0.340 e. The molecule has 2 atom stereocenters. The Morgan fingerprint density at radius 2 is 1.56 bits per heavy atom. The van der Waals surface area contributed by atoms with Crippen molar-refractivity contribution in [2.75, 3.05) is 13.1 Å². The molecule has 2 aliphatic rings. The predicted molar refractivity (Wildman–Crippen MR) is 107 cm³/mol. The second kappa shape index (κ2) is 6.50. The second-order valence-electron chi connectivity index (χ2n) is 7.72. The molecule has 138 valence electrons. The zero-order chi connectivity index (χ0) is 18.4. The van der Waals surface area contributed by atoms with Gasteiger partial charge in [0.05, 0.1) is 11.0 Å². The van der Waals surface area contributed by atoms with Gasteiger partial charge >= 0.3 is 0 Å². The average molecular weight is 361 g/mol. The number of hydrogen-bond acceptors (Lipinski definition) is 3. The summed E-state index contributed by atoms with van der Waals surface area (Å²) in [5.41, 5.74) is 1.68. The summed E-state index contributed by atoms with van der Waals surface area (Å²) in [6.07, 6.45) is 3.40. The Hall–Kier alpha value is -2.66. The Morgan fingerprint density at radius 1 is 0.926 bits per heavy atom. The molecule has 2 bridgehead atoms. The van der Waals surface area contributed by atoms with Gasteiger partial charge in [-0.15, -0.1) is 0 Å². The third kappa shape index (κ3) is 2.82. The lowest BCUT2D eigenvalue weighted by Crippen LogP contribution is -2.40. The third-order valence-corrected chi connectivity index (χ3v) is 6.05. The summed E-state index contributed by atoms with van der Waals surface area (Å²) in [6, 6.07) is 16.1. The van der Waals surface area contributed by atoms with E-state index in [0.717, 1.165) is 37.0 Å². The number of likely N-dealkylation sites (tertiary alicyclic amines) is 1. The number of hydrogen-bond donors (Lipinski definition) is 1. The smallest absolute Gasteiger partial charge is 0.242 e. The molecule has 3 heterocycles. The van der Waals surface area contributed by atoms with E-state index in [4.69, 9.17) is 0 Å². The van der Waals surface area contributed by atoms with Crippen molar-refractivity contribution in [3.8, 4) is 0 Å². The lowest BCUT2D eigenvalue weighted by molar-refractivity contribution is -0.131. The van der Waals surface area contributed by atoms with Gasteiger partial charge < -0.3 is 14.8 Å². The largest absolute Gasteiger partial charge is 0.340 e. The molecule has 5 nitrogen and oxygen atoms in total. The summed E-state index contributed by atoms with van der Waals surface area (Å²) in [5, 5.41) is 4.96. The molecule has 2 fully saturated rings. The van der Waals surface area contributed by atoms with Crippen molar-refractivity contribution < 1.29 is 4.79 Å². The lowest BCUT2D eigenvalue weighted by Gasteiger charge is -2.25. The Balaban J connectivity index is 1.56. The highest BCUT2D eigenvalue weighted by atomic mass is 16.2. The Kier molecular flexibility index (Phi) is 3.97. The fourth-order valence-electron chi connectivity index (χ4n) is 4.65. The van der Waals surface area contributed by atoms with Crippen LogP contribution in [-0.4, -0.2) is 40.5 Å². The number of carbonyl (C=O) groups excluding carboxylic acids is 1. The number of para-hydroxylation sites is 2. The van der Waals surface area contributed by atoms with E-state index in [0.29, 0.717) is 22.9 Å². The zero-order valence-electron chi connectivity index (χ0n) is 15.2. The molecule has 1 N–H and O–H groups in total. The summed E-state index contributed by atoms with van der Waals surface area (Å²) in [7, 11) is 0. The van der Waals surface area contributed by atoms with E-state index in [1.54, 1.807) is 0 Å². The monoisotopic (exact) mass is 361 g/mol. The van der Waals surface area contributed by atoms with E-state index >= 15 is 0 Å². The van der Waals surface area contributed by atoms with E-state index in [9.17, 15) is 9.59 Å². The van der Waals surface area contributed by atoms with Crippen LogP contribution in [-0.2, 0) is 11.3 Å². The first-order valence-electron chi connectivity index (χ1n) is 9.75. The maximum atomic E-state index is 13.2. The molecule has 2 unspecified atom stereocenters. The Bertz CT molecular complexity index is 1030. The Morgan fingerprint density at radius 3 is 2.26 bits per heavy atom. The van der Waals surface area contributed by atoms with Gasteiger partial charge in [-0.3, -0.25) is 9.59 Å². The Labute approximate surface area is 157 Å². The van der Waals surface area contributed by atoms with Gasteiger partial charge in [0, 0.05) is 35.9 Å². The van der Waals surface area contributed by atoms with Crippen LogP contribution in [0.4, 0.5) is 0 Å². The van der Waals surface area contributed by atoms with Gasteiger partial charge in [-0.25, -0.2) is 0 Å². The molecule has 5 heteroatoms. The standard InChI is InChI=1S/C22H23N3O2/c26-21(24-12-11-15-9-10-16(13-24)23-15)14-25-19-7-3-1-5-17(19)22(27)18-6-2-4-8-20(18)25/h1-8,15-16,23H,9-14H2. The molecule has 27 heavy (non-hydrogen) atoms. The van der Waals surface area contributed by atoms with Crippen LogP contribution in [0.15, 0.2) is 53.3 Å². The van der Waals surface area contributed by atoms with Gasteiger partial charge in [0.1, 0.15) is 6.54 Å². The molecule has 0 saturated carbocycles. The highest BCUT2D eigenvalue weighted by Crippen LogP contribution is 2.22. The maximum absolute atomic E-state index is 13.2. The van der Waals surface area contributed by atoms with Crippen LogP contribution < -0.4 is 10.7 Å². The van der Waals surface area contributed by atoms with Crippen LogP contribution in [0.1, 0.15) is 19.3 Å².